The van der Waals surface area contributed by atoms with Crippen molar-refractivity contribution in [2.24, 2.45) is 0 Å². The summed E-state index contributed by atoms with van der Waals surface area (Å²) >= 11 is 0. The zero-order valence-corrected chi connectivity index (χ0v) is 33.6. The van der Waals surface area contributed by atoms with Crippen LogP contribution in [0.5, 0.6) is 11.5 Å². The fourth-order valence-electron chi connectivity index (χ4n) is 8.17. The molecule has 0 saturated carbocycles. The summed E-state index contributed by atoms with van der Waals surface area (Å²) in [7, 11) is 0. The number of nitrogens with zero attached hydrogens (tertiary/aromatic N) is 4. The Balaban J connectivity index is 0.940. The van der Waals surface area contributed by atoms with Crippen LogP contribution in [-0.4, -0.2) is 38.7 Å². The van der Waals surface area contributed by atoms with Gasteiger partial charge < -0.3 is 14.8 Å². The minimum atomic E-state index is -0.293. The highest BCUT2D eigenvalue weighted by Gasteiger charge is 2.34. The van der Waals surface area contributed by atoms with Gasteiger partial charge in [0.25, 0.3) is 0 Å². The lowest BCUT2D eigenvalue weighted by atomic mass is 9.94. The van der Waals surface area contributed by atoms with E-state index in [0.29, 0.717) is 29.0 Å². The molecule has 11 rings (SSSR count). The summed E-state index contributed by atoms with van der Waals surface area (Å²) in [6.45, 7) is 0.805. The van der Waals surface area contributed by atoms with Gasteiger partial charge in [0.05, 0.1) is 11.3 Å². The van der Waals surface area contributed by atoms with Crippen molar-refractivity contribution >= 4 is 5.70 Å². The van der Waals surface area contributed by atoms with E-state index in [4.69, 9.17) is 24.4 Å². The maximum atomic E-state index is 6.82. The molecule has 1 N–H and O–H groups in total. The van der Waals surface area contributed by atoms with Crippen LogP contribution in [-0.2, 0) is 0 Å². The van der Waals surface area contributed by atoms with Crippen LogP contribution < -0.4 is 14.8 Å². The fourth-order valence-corrected chi connectivity index (χ4v) is 8.17. The third-order valence-corrected chi connectivity index (χ3v) is 11.4. The summed E-state index contributed by atoms with van der Waals surface area (Å²) in [5, 5.41) is 3.52. The van der Waals surface area contributed by atoms with Crippen LogP contribution in [0.1, 0.15) is 5.56 Å². The van der Waals surface area contributed by atoms with Crippen LogP contribution >= 0.6 is 0 Å². The molecule has 4 heterocycles. The molecular formula is C55H39N5O2. The molecule has 3 aliphatic rings. The molecule has 0 fully saturated rings. The van der Waals surface area contributed by atoms with Crippen molar-refractivity contribution < 1.29 is 9.47 Å². The Morgan fingerprint density at radius 2 is 0.968 bits per heavy atom. The van der Waals surface area contributed by atoms with E-state index >= 15 is 0 Å². The molecule has 2 aromatic heterocycles. The summed E-state index contributed by atoms with van der Waals surface area (Å²) in [5.41, 5.74) is 13.2. The van der Waals surface area contributed by atoms with Crippen LogP contribution in [0.4, 0.5) is 0 Å². The van der Waals surface area contributed by atoms with Crippen LogP contribution in [0.25, 0.3) is 84.5 Å². The molecule has 7 heteroatoms. The maximum Gasteiger partial charge on any atom is 0.174 e. The van der Waals surface area contributed by atoms with Gasteiger partial charge >= 0.3 is 0 Å². The Hall–Kier alpha value is -8.16. The number of rotatable bonds is 8. The van der Waals surface area contributed by atoms with Crippen molar-refractivity contribution in [2.75, 3.05) is 6.54 Å². The van der Waals surface area contributed by atoms with Crippen molar-refractivity contribution in [1.29, 1.82) is 0 Å². The topological polar surface area (TPSA) is 82.1 Å². The molecule has 296 valence electrons. The lowest BCUT2D eigenvalue weighted by Crippen LogP contribution is -2.38. The minimum absolute atomic E-state index is 0.273. The number of hydrogen-bond acceptors (Lipinski definition) is 7. The number of hydrogen-bond donors (Lipinski definition) is 1. The Morgan fingerprint density at radius 1 is 0.435 bits per heavy atom. The molecule has 8 aromatic rings. The van der Waals surface area contributed by atoms with Gasteiger partial charge in [-0.15, -0.1) is 0 Å². The third-order valence-electron chi connectivity index (χ3n) is 11.4. The van der Waals surface area contributed by atoms with E-state index in [-0.39, 0.29) is 12.2 Å². The summed E-state index contributed by atoms with van der Waals surface area (Å²) in [4.78, 5) is 19.6. The van der Waals surface area contributed by atoms with Crippen LogP contribution in [0.2, 0.25) is 0 Å². The van der Waals surface area contributed by atoms with E-state index < -0.39 is 0 Å². The molecule has 62 heavy (non-hydrogen) atoms. The minimum Gasteiger partial charge on any atom is -0.478 e. The van der Waals surface area contributed by atoms with Crippen molar-refractivity contribution in [2.45, 2.75) is 12.2 Å². The summed E-state index contributed by atoms with van der Waals surface area (Å²) in [6, 6.07) is 54.2. The van der Waals surface area contributed by atoms with Crippen molar-refractivity contribution in [1.82, 2.24) is 25.3 Å². The zero-order chi connectivity index (χ0) is 41.2. The third kappa shape index (κ3) is 7.26. The summed E-state index contributed by atoms with van der Waals surface area (Å²) in [6.07, 6.45) is 15.7. The van der Waals surface area contributed by atoms with Gasteiger partial charge in [-0.3, -0.25) is 4.98 Å². The molecule has 0 amide bonds. The Morgan fingerprint density at radius 3 is 1.56 bits per heavy atom. The van der Waals surface area contributed by atoms with Crippen LogP contribution in [0.3, 0.4) is 0 Å². The largest absolute Gasteiger partial charge is 0.478 e. The molecule has 2 aliphatic heterocycles. The van der Waals surface area contributed by atoms with Crippen molar-refractivity contribution in [3.05, 3.63) is 212 Å². The molecule has 7 nitrogen and oxygen atoms in total. The Labute approximate surface area is 360 Å². The van der Waals surface area contributed by atoms with Gasteiger partial charge in [0.2, 0.25) is 0 Å². The lowest BCUT2D eigenvalue weighted by molar-refractivity contribution is 0.0769. The highest BCUT2D eigenvalue weighted by Crippen LogP contribution is 2.49. The predicted octanol–water partition coefficient (Wildman–Crippen LogP) is 12.1. The molecule has 0 spiro atoms. The van der Waals surface area contributed by atoms with Gasteiger partial charge in [-0.2, -0.15) is 0 Å². The Bertz CT molecular complexity index is 2990. The highest BCUT2D eigenvalue weighted by molar-refractivity contribution is 5.85. The van der Waals surface area contributed by atoms with Gasteiger partial charge in [-0.1, -0.05) is 140 Å². The Kier molecular flexibility index (Phi) is 9.59. The van der Waals surface area contributed by atoms with Gasteiger partial charge in [0.1, 0.15) is 0 Å². The van der Waals surface area contributed by atoms with Gasteiger partial charge in [-0.05, 0) is 94.1 Å². The van der Waals surface area contributed by atoms with E-state index in [1.807, 2.05) is 109 Å². The highest BCUT2D eigenvalue weighted by atomic mass is 16.6. The molecule has 0 bridgehead atoms. The van der Waals surface area contributed by atoms with E-state index in [1.54, 1.807) is 0 Å². The molecule has 0 saturated heterocycles. The quantitative estimate of drug-likeness (QED) is 0.164. The van der Waals surface area contributed by atoms with Gasteiger partial charge in [0, 0.05) is 40.7 Å². The van der Waals surface area contributed by atoms with E-state index in [9.17, 15) is 0 Å². The van der Waals surface area contributed by atoms with Crippen molar-refractivity contribution in [3.8, 4) is 90.3 Å². The lowest BCUT2D eigenvalue weighted by Gasteiger charge is -2.34. The standard InChI is InChI=1S/C55H39N5O2/c1-3-13-40(14-4-1)53-58-54(41-15-5-2-6-16-41)60-55(59-53)46-30-29-45(51-52(46)62-50-20-8-7-19-49(50)61-51)39-27-25-37(26-28-39)36-21-23-38(24-22-36)42-33-43(47-17-9-11-31-56-47)35-44(34-42)48-18-10-12-32-57-48/h1-31,33-35,49-50,57H,32H2. The number of allylic oxidation sites excluding steroid dienone is 4. The number of pyridine rings is 1. The number of fused-ring (bicyclic) bond motifs is 2. The number of benzene rings is 6. The van der Waals surface area contributed by atoms with E-state index in [2.05, 4.69) is 107 Å². The molecule has 6 aromatic carbocycles. The molecule has 1 aliphatic carbocycles. The SMILES string of the molecule is C1=CCNC(c2cc(-c3ccc(-c4ccc(-c5ccc(-c6nc(-c7ccccc7)nc(-c7ccccc7)n6)c6c5OC5C=CC=CC5O6)cc4)cc3)cc(-c3ccccn3)c2)=C1. The summed E-state index contributed by atoms with van der Waals surface area (Å²) in [5.74, 6) is 2.94. The molecule has 2 unspecified atom stereocenters. The molecular weight excluding hydrogens is 763 g/mol. The molecule has 2 atom stereocenters. The van der Waals surface area contributed by atoms with E-state index in [0.717, 1.165) is 79.1 Å². The average molecular weight is 802 g/mol. The average Bonchev–Trinajstić information content (AvgIpc) is 3.36. The smallest absolute Gasteiger partial charge is 0.174 e. The number of ether oxygens (including phenoxy) is 2. The maximum absolute atomic E-state index is 6.82. The number of aromatic nitrogens is 4. The first-order chi connectivity index (χ1) is 30.7. The monoisotopic (exact) mass is 801 g/mol. The predicted molar refractivity (Wildman–Crippen MR) is 248 cm³/mol. The normalized spacial score (nSPS) is 16.0. The summed E-state index contributed by atoms with van der Waals surface area (Å²) < 4.78 is 13.6. The van der Waals surface area contributed by atoms with Gasteiger partial charge in [-0.25, -0.2) is 15.0 Å². The number of dihydropyridines is 1. The van der Waals surface area contributed by atoms with Crippen LogP contribution in [0.15, 0.2) is 206 Å². The van der Waals surface area contributed by atoms with Gasteiger partial charge in [0.15, 0.2) is 41.2 Å². The second kappa shape index (κ2) is 16.1. The van der Waals surface area contributed by atoms with Crippen molar-refractivity contribution in [3.63, 3.8) is 0 Å². The fraction of sp³-hybridized carbons (Fsp3) is 0.0545. The van der Waals surface area contributed by atoms with Crippen LogP contribution in [0, 0.1) is 0 Å². The number of nitrogens with one attached hydrogen (secondary N) is 1. The first-order valence-corrected chi connectivity index (χ1v) is 20.8. The first kappa shape index (κ1) is 36.9. The second-order valence-electron chi connectivity index (χ2n) is 15.4. The second-order valence-corrected chi connectivity index (χ2v) is 15.4. The first-order valence-electron chi connectivity index (χ1n) is 20.8. The van der Waals surface area contributed by atoms with E-state index in [1.165, 1.54) is 0 Å². The zero-order valence-electron chi connectivity index (χ0n) is 33.6. The molecule has 0 radical (unpaired) electrons.